The summed E-state index contributed by atoms with van der Waals surface area (Å²) in [5.74, 6) is 1.43. The maximum absolute atomic E-state index is 12.9. The van der Waals surface area contributed by atoms with Crippen molar-refractivity contribution in [3.05, 3.63) is 35.1 Å². The average Bonchev–Trinajstić information content (AvgIpc) is 2.30. The second kappa shape index (κ2) is 5.74. The van der Waals surface area contributed by atoms with Crippen LogP contribution in [0.5, 0.6) is 0 Å². The van der Waals surface area contributed by atoms with Crippen LogP contribution in [0.25, 0.3) is 0 Å². The summed E-state index contributed by atoms with van der Waals surface area (Å²) in [6, 6.07) is 5.35. The fourth-order valence-corrected chi connectivity index (χ4v) is 3.41. The molecular formula is C13H18FNOS. The highest BCUT2D eigenvalue weighted by atomic mass is 32.2. The predicted molar refractivity (Wildman–Crippen MR) is 68.9 cm³/mol. The molecule has 17 heavy (non-hydrogen) atoms. The van der Waals surface area contributed by atoms with Crippen molar-refractivity contribution in [2.75, 3.05) is 11.5 Å². The molecule has 1 aromatic carbocycles. The van der Waals surface area contributed by atoms with Crippen molar-refractivity contribution in [1.29, 1.82) is 0 Å². The maximum Gasteiger partial charge on any atom is 0.123 e. The number of hydrogen-bond acceptors (Lipinski definition) is 2. The van der Waals surface area contributed by atoms with Gasteiger partial charge in [0.1, 0.15) is 5.82 Å². The van der Waals surface area contributed by atoms with E-state index in [2.05, 4.69) is 5.32 Å². The molecule has 0 atom stereocenters. The molecule has 1 aliphatic rings. The molecule has 1 heterocycles. The summed E-state index contributed by atoms with van der Waals surface area (Å²) in [5.41, 5.74) is 2.12. The number of aryl methyl sites for hydroxylation is 1. The van der Waals surface area contributed by atoms with Crippen LogP contribution in [0.3, 0.4) is 0 Å². The fourth-order valence-electron chi connectivity index (χ4n) is 2.11. The van der Waals surface area contributed by atoms with Crippen LogP contribution < -0.4 is 5.32 Å². The number of nitrogens with one attached hydrogen (secondary N) is 1. The van der Waals surface area contributed by atoms with Crippen molar-refractivity contribution in [3.63, 3.8) is 0 Å². The zero-order valence-corrected chi connectivity index (χ0v) is 10.9. The summed E-state index contributed by atoms with van der Waals surface area (Å²) >= 11 is 0. The fraction of sp³-hybridized carbons (Fsp3) is 0.538. The maximum atomic E-state index is 12.9. The first kappa shape index (κ1) is 12.7. The largest absolute Gasteiger partial charge is 0.310 e. The zero-order chi connectivity index (χ0) is 12.3. The van der Waals surface area contributed by atoms with Crippen molar-refractivity contribution in [3.8, 4) is 0 Å². The van der Waals surface area contributed by atoms with Gasteiger partial charge in [0.15, 0.2) is 0 Å². The summed E-state index contributed by atoms with van der Waals surface area (Å²) in [7, 11) is -0.606. The highest BCUT2D eigenvalue weighted by Crippen LogP contribution is 2.13. The highest BCUT2D eigenvalue weighted by Gasteiger charge is 2.17. The van der Waals surface area contributed by atoms with E-state index in [4.69, 9.17) is 0 Å². The van der Waals surface area contributed by atoms with E-state index in [9.17, 15) is 8.60 Å². The standard InChI is InChI=1S/C13H18FNOS/c1-10-8-12(14)3-2-11(10)9-15-13-4-6-17(16)7-5-13/h2-3,8,13,15H,4-7,9H2,1H3. The smallest absolute Gasteiger partial charge is 0.123 e. The minimum atomic E-state index is -0.606. The predicted octanol–water partition coefficient (Wildman–Crippen LogP) is 2.13. The quantitative estimate of drug-likeness (QED) is 0.896. The first-order chi connectivity index (χ1) is 8.15. The van der Waals surface area contributed by atoms with Crippen LogP contribution in [0.15, 0.2) is 18.2 Å². The van der Waals surface area contributed by atoms with Crippen molar-refractivity contribution < 1.29 is 8.60 Å². The van der Waals surface area contributed by atoms with E-state index in [-0.39, 0.29) is 5.82 Å². The molecule has 1 aromatic rings. The Bertz CT molecular complexity index is 412. The van der Waals surface area contributed by atoms with Gasteiger partial charge in [-0.2, -0.15) is 0 Å². The average molecular weight is 255 g/mol. The van der Waals surface area contributed by atoms with E-state index < -0.39 is 10.8 Å². The van der Waals surface area contributed by atoms with Gasteiger partial charge < -0.3 is 5.32 Å². The molecule has 0 spiro atoms. The first-order valence-corrected chi connectivity index (χ1v) is 7.47. The Morgan fingerprint density at radius 3 is 2.76 bits per heavy atom. The molecule has 2 rings (SSSR count). The SMILES string of the molecule is Cc1cc(F)ccc1CNC1CCS(=O)CC1. The Hall–Kier alpha value is -0.740. The van der Waals surface area contributed by atoms with Crippen LogP contribution >= 0.6 is 0 Å². The second-order valence-corrected chi connectivity index (χ2v) is 6.27. The number of hydrogen-bond donors (Lipinski definition) is 1. The first-order valence-electron chi connectivity index (χ1n) is 5.98. The number of rotatable bonds is 3. The number of halogens is 1. The van der Waals surface area contributed by atoms with Crippen LogP contribution in [-0.4, -0.2) is 21.8 Å². The van der Waals surface area contributed by atoms with Crippen LogP contribution in [0.2, 0.25) is 0 Å². The molecule has 1 saturated heterocycles. The molecule has 0 radical (unpaired) electrons. The monoisotopic (exact) mass is 255 g/mol. The van der Waals surface area contributed by atoms with Crippen molar-refractivity contribution in [2.24, 2.45) is 0 Å². The van der Waals surface area contributed by atoms with E-state index >= 15 is 0 Å². The van der Waals surface area contributed by atoms with Gasteiger partial charge in [-0.25, -0.2) is 4.39 Å². The summed E-state index contributed by atoms with van der Waals surface area (Å²) < 4.78 is 24.1. The Kier molecular flexibility index (Phi) is 4.29. The molecule has 0 aliphatic carbocycles. The van der Waals surface area contributed by atoms with Crippen LogP contribution in [0, 0.1) is 12.7 Å². The highest BCUT2D eigenvalue weighted by molar-refractivity contribution is 7.85. The van der Waals surface area contributed by atoms with Gasteiger partial charge in [-0.15, -0.1) is 0 Å². The van der Waals surface area contributed by atoms with Gasteiger partial charge in [0.2, 0.25) is 0 Å². The Balaban J connectivity index is 1.87. The minimum Gasteiger partial charge on any atom is -0.310 e. The molecule has 0 amide bonds. The van der Waals surface area contributed by atoms with Crippen LogP contribution in [0.1, 0.15) is 24.0 Å². The molecule has 2 nitrogen and oxygen atoms in total. The molecular weight excluding hydrogens is 237 g/mol. The lowest BCUT2D eigenvalue weighted by Crippen LogP contribution is -2.35. The summed E-state index contributed by atoms with van der Waals surface area (Å²) in [6.45, 7) is 2.69. The van der Waals surface area contributed by atoms with E-state index in [0.717, 1.165) is 42.0 Å². The molecule has 1 N–H and O–H groups in total. The third-order valence-corrected chi connectivity index (χ3v) is 4.66. The molecule has 0 aromatic heterocycles. The van der Waals surface area contributed by atoms with Crippen molar-refractivity contribution >= 4 is 10.8 Å². The summed E-state index contributed by atoms with van der Waals surface area (Å²) in [5, 5.41) is 3.46. The van der Waals surface area contributed by atoms with E-state index in [1.165, 1.54) is 6.07 Å². The molecule has 0 saturated carbocycles. The van der Waals surface area contributed by atoms with Gasteiger partial charge in [0, 0.05) is 34.9 Å². The lowest BCUT2D eigenvalue weighted by atomic mass is 10.1. The molecule has 0 unspecified atom stereocenters. The molecule has 1 aliphatic heterocycles. The van der Waals surface area contributed by atoms with Gasteiger partial charge in [0.25, 0.3) is 0 Å². The van der Waals surface area contributed by atoms with Crippen LogP contribution in [0.4, 0.5) is 4.39 Å². The summed E-state index contributed by atoms with van der Waals surface area (Å²) in [6.07, 6.45) is 1.96. The minimum absolute atomic E-state index is 0.181. The second-order valence-electron chi connectivity index (χ2n) is 4.57. The third-order valence-electron chi connectivity index (χ3n) is 3.27. The summed E-state index contributed by atoms with van der Waals surface area (Å²) in [4.78, 5) is 0. The van der Waals surface area contributed by atoms with E-state index in [1.54, 1.807) is 6.07 Å². The van der Waals surface area contributed by atoms with E-state index in [1.807, 2.05) is 13.0 Å². The molecule has 94 valence electrons. The lowest BCUT2D eigenvalue weighted by Gasteiger charge is -2.23. The molecule has 4 heteroatoms. The van der Waals surface area contributed by atoms with Gasteiger partial charge in [-0.05, 0) is 43.0 Å². The third kappa shape index (κ3) is 3.61. The van der Waals surface area contributed by atoms with Gasteiger partial charge in [-0.1, -0.05) is 6.07 Å². The topological polar surface area (TPSA) is 29.1 Å². The van der Waals surface area contributed by atoms with Gasteiger partial charge >= 0.3 is 0 Å². The molecule has 0 bridgehead atoms. The van der Waals surface area contributed by atoms with E-state index in [0.29, 0.717) is 6.04 Å². The van der Waals surface area contributed by atoms with Crippen molar-refractivity contribution in [1.82, 2.24) is 5.32 Å². The molecule has 1 fully saturated rings. The van der Waals surface area contributed by atoms with Crippen molar-refractivity contribution in [2.45, 2.75) is 32.4 Å². The Morgan fingerprint density at radius 1 is 1.41 bits per heavy atom. The lowest BCUT2D eigenvalue weighted by molar-refractivity contribution is 0.474. The van der Waals surface area contributed by atoms with Gasteiger partial charge in [-0.3, -0.25) is 4.21 Å². The zero-order valence-electron chi connectivity index (χ0n) is 10.0. The number of benzene rings is 1. The Morgan fingerprint density at radius 2 is 2.12 bits per heavy atom. The van der Waals surface area contributed by atoms with Gasteiger partial charge in [0.05, 0.1) is 0 Å². The Labute approximate surface area is 104 Å². The van der Waals surface area contributed by atoms with Crippen LogP contribution in [-0.2, 0) is 17.3 Å². The normalized spacial score (nSPS) is 24.8.